The summed E-state index contributed by atoms with van der Waals surface area (Å²) in [5.41, 5.74) is 2.28. The standard InChI is InChI=1S/C12H18BrNO2S/c1-9-4-5-11(13)10(8-9)12(14-2)6-7-17(3,15)16/h4-5,8,12,14H,6-7H2,1-3H3. The second kappa shape index (κ2) is 5.98. The minimum atomic E-state index is -2.92. The molecule has 0 amide bonds. The number of rotatable bonds is 5. The van der Waals surface area contributed by atoms with E-state index in [9.17, 15) is 8.42 Å². The first-order valence-corrected chi connectivity index (χ1v) is 8.30. The number of benzene rings is 1. The second-order valence-corrected chi connectivity index (χ2v) is 7.40. The van der Waals surface area contributed by atoms with Crippen LogP contribution >= 0.6 is 15.9 Å². The van der Waals surface area contributed by atoms with Crippen LogP contribution < -0.4 is 5.32 Å². The first kappa shape index (κ1) is 14.7. The summed E-state index contributed by atoms with van der Waals surface area (Å²) < 4.78 is 23.4. The SMILES string of the molecule is CNC(CCS(C)(=O)=O)c1cc(C)ccc1Br. The maximum absolute atomic E-state index is 11.2. The van der Waals surface area contributed by atoms with Crippen LogP contribution in [0.2, 0.25) is 0 Å². The predicted molar refractivity (Wildman–Crippen MR) is 75.0 cm³/mol. The Bertz CT molecular complexity index is 485. The minimum absolute atomic E-state index is 0.0546. The van der Waals surface area contributed by atoms with Gasteiger partial charge in [-0.1, -0.05) is 33.6 Å². The Hall–Kier alpha value is -0.390. The molecule has 1 rings (SSSR count). The van der Waals surface area contributed by atoms with Crippen molar-refractivity contribution in [3.8, 4) is 0 Å². The van der Waals surface area contributed by atoms with Gasteiger partial charge in [0.15, 0.2) is 0 Å². The van der Waals surface area contributed by atoms with Crippen LogP contribution in [-0.4, -0.2) is 27.5 Å². The van der Waals surface area contributed by atoms with Crippen molar-refractivity contribution < 1.29 is 8.42 Å². The van der Waals surface area contributed by atoms with Gasteiger partial charge in [0.05, 0.1) is 5.75 Å². The van der Waals surface area contributed by atoms with Gasteiger partial charge in [0.2, 0.25) is 0 Å². The topological polar surface area (TPSA) is 46.2 Å². The van der Waals surface area contributed by atoms with Gasteiger partial charge in [0, 0.05) is 16.8 Å². The fraction of sp³-hybridized carbons (Fsp3) is 0.500. The van der Waals surface area contributed by atoms with Crippen molar-refractivity contribution in [3.05, 3.63) is 33.8 Å². The fourth-order valence-electron chi connectivity index (χ4n) is 1.72. The van der Waals surface area contributed by atoms with Crippen molar-refractivity contribution in [2.45, 2.75) is 19.4 Å². The maximum Gasteiger partial charge on any atom is 0.147 e. The van der Waals surface area contributed by atoms with E-state index in [1.165, 1.54) is 11.8 Å². The summed E-state index contributed by atoms with van der Waals surface area (Å²) in [6.07, 6.45) is 1.85. The van der Waals surface area contributed by atoms with E-state index in [1.54, 1.807) is 0 Å². The quantitative estimate of drug-likeness (QED) is 0.906. The zero-order chi connectivity index (χ0) is 13.1. The molecule has 1 unspecified atom stereocenters. The van der Waals surface area contributed by atoms with E-state index in [0.29, 0.717) is 6.42 Å². The summed E-state index contributed by atoms with van der Waals surface area (Å²) in [5.74, 6) is 0.193. The third-order valence-electron chi connectivity index (χ3n) is 2.65. The maximum atomic E-state index is 11.2. The van der Waals surface area contributed by atoms with E-state index in [1.807, 2.05) is 26.1 Å². The molecule has 5 heteroatoms. The minimum Gasteiger partial charge on any atom is -0.313 e. The van der Waals surface area contributed by atoms with Gasteiger partial charge in [-0.3, -0.25) is 0 Å². The van der Waals surface area contributed by atoms with Crippen LogP contribution in [0.25, 0.3) is 0 Å². The second-order valence-electron chi connectivity index (χ2n) is 4.28. The van der Waals surface area contributed by atoms with Gasteiger partial charge in [-0.2, -0.15) is 0 Å². The molecule has 3 nitrogen and oxygen atoms in total. The lowest BCUT2D eigenvalue weighted by atomic mass is 10.0. The van der Waals surface area contributed by atoms with E-state index < -0.39 is 9.84 Å². The van der Waals surface area contributed by atoms with Crippen molar-refractivity contribution >= 4 is 25.8 Å². The molecule has 1 aromatic carbocycles. The lowest BCUT2D eigenvalue weighted by Gasteiger charge is -2.18. The Labute approximate surface area is 112 Å². The molecule has 0 radical (unpaired) electrons. The average Bonchev–Trinajstić information content (AvgIpc) is 2.22. The molecule has 96 valence electrons. The van der Waals surface area contributed by atoms with Crippen LogP contribution in [0.3, 0.4) is 0 Å². The van der Waals surface area contributed by atoms with E-state index in [0.717, 1.165) is 10.0 Å². The summed E-state index contributed by atoms with van der Waals surface area (Å²) in [7, 11) is -1.07. The monoisotopic (exact) mass is 319 g/mol. The molecule has 0 saturated heterocycles. The molecule has 1 aromatic rings. The van der Waals surface area contributed by atoms with Gasteiger partial charge in [0.25, 0.3) is 0 Å². The summed E-state index contributed by atoms with van der Waals surface area (Å²) in [6.45, 7) is 2.03. The fourth-order valence-corrected chi connectivity index (χ4v) is 2.90. The molecular formula is C12H18BrNO2S. The highest BCUT2D eigenvalue weighted by Crippen LogP contribution is 2.26. The van der Waals surface area contributed by atoms with Gasteiger partial charge in [-0.15, -0.1) is 0 Å². The summed E-state index contributed by atoms with van der Waals surface area (Å²) in [6, 6.07) is 6.15. The van der Waals surface area contributed by atoms with Gasteiger partial charge in [0.1, 0.15) is 9.84 Å². The van der Waals surface area contributed by atoms with Crippen LogP contribution in [0.15, 0.2) is 22.7 Å². The molecule has 17 heavy (non-hydrogen) atoms. The molecule has 0 aliphatic heterocycles. The zero-order valence-electron chi connectivity index (χ0n) is 10.3. The molecule has 0 aliphatic rings. The zero-order valence-corrected chi connectivity index (χ0v) is 12.7. The molecule has 0 saturated carbocycles. The number of nitrogens with one attached hydrogen (secondary N) is 1. The largest absolute Gasteiger partial charge is 0.313 e. The third-order valence-corrected chi connectivity index (χ3v) is 4.35. The number of aryl methyl sites for hydroxylation is 1. The van der Waals surface area contributed by atoms with Crippen LogP contribution in [0.5, 0.6) is 0 Å². The molecule has 1 N–H and O–H groups in total. The van der Waals surface area contributed by atoms with Crippen molar-refractivity contribution in [1.29, 1.82) is 0 Å². The van der Waals surface area contributed by atoms with Gasteiger partial charge in [-0.05, 0) is 32.0 Å². The number of sulfone groups is 1. The van der Waals surface area contributed by atoms with Crippen LogP contribution in [0.4, 0.5) is 0 Å². The third kappa shape index (κ3) is 4.77. The molecule has 0 fully saturated rings. The van der Waals surface area contributed by atoms with Crippen LogP contribution in [0, 0.1) is 6.92 Å². The van der Waals surface area contributed by atoms with Gasteiger partial charge < -0.3 is 5.32 Å². The number of hydrogen-bond acceptors (Lipinski definition) is 3. The molecule has 0 bridgehead atoms. The smallest absolute Gasteiger partial charge is 0.147 e. The van der Waals surface area contributed by atoms with E-state index in [-0.39, 0.29) is 11.8 Å². The molecule has 0 aliphatic carbocycles. The first-order chi connectivity index (χ1) is 7.83. The molecule has 0 spiro atoms. The Morgan fingerprint density at radius 3 is 2.59 bits per heavy atom. The van der Waals surface area contributed by atoms with E-state index in [4.69, 9.17) is 0 Å². The summed E-state index contributed by atoms with van der Waals surface area (Å²) in [5, 5.41) is 3.16. The number of halogens is 1. The molecular weight excluding hydrogens is 302 g/mol. The van der Waals surface area contributed by atoms with Crippen molar-refractivity contribution in [3.63, 3.8) is 0 Å². The highest BCUT2D eigenvalue weighted by Gasteiger charge is 2.15. The predicted octanol–water partition coefficient (Wildman–Crippen LogP) is 2.45. The van der Waals surface area contributed by atoms with E-state index >= 15 is 0 Å². The van der Waals surface area contributed by atoms with Gasteiger partial charge in [-0.25, -0.2) is 8.42 Å². The number of hydrogen-bond donors (Lipinski definition) is 1. The van der Waals surface area contributed by atoms with Crippen molar-refractivity contribution in [2.24, 2.45) is 0 Å². The van der Waals surface area contributed by atoms with Crippen molar-refractivity contribution in [2.75, 3.05) is 19.1 Å². The Balaban J connectivity index is 2.90. The van der Waals surface area contributed by atoms with Crippen LogP contribution in [0.1, 0.15) is 23.6 Å². The normalized spacial score (nSPS) is 13.6. The Morgan fingerprint density at radius 1 is 1.41 bits per heavy atom. The summed E-state index contributed by atoms with van der Waals surface area (Å²) in [4.78, 5) is 0. The lowest BCUT2D eigenvalue weighted by Crippen LogP contribution is -2.20. The molecule has 0 heterocycles. The highest BCUT2D eigenvalue weighted by atomic mass is 79.9. The van der Waals surface area contributed by atoms with Gasteiger partial charge >= 0.3 is 0 Å². The molecule has 1 atom stereocenters. The highest BCUT2D eigenvalue weighted by molar-refractivity contribution is 9.10. The van der Waals surface area contributed by atoms with Crippen LogP contribution in [-0.2, 0) is 9.84 Å². The Kier molecular flexibility index (Phi) is 5.16. The Morgan fingerprint density at radius 2 is 2.06 bits per heavy atom. The molecule has 0 aromatic heterocycles. The average molecular weight is 320 g/mol. The summed E-state index contributed by atoms with van der Waals surface area (Å²) >= 11 is 3.50. The first-order valence-electron chi connectivity index (χ1n) is 5.44. The van der Waals surface area contributed by atoms with Crippen molar-refractivity contribution in [1.82, 2.24) is 5.32 Å². The lowest BCUT2D eigenvalue weighted by molar-refractivity contribution is 0.557. The van der Waals surface area contributed by atoms with E-state index in [2.05, 4.69) is 27.3 Å².